The van der Waals surface area contributed by atoms with Gasteiger partial charge in [0, 0.05) is 18.2 Å². The number of alkyl halides is 3. The SMILES string of the molecule is Cc1cccc(-c2c(C)c3nc(C#N)nc(NC(C)C4CCC4)c3n2Cc2ccc(C(F)(F)F)cc2)c1. The lowest BCUT2D eigenvalue weighted by Crippen LogP contribution is -2.31. The maximum atomic E-state index is 13.2. The molecule has 0 radical (unpaired) electrons. The fourth-order valence-corrected chi connectivity index (χ4v) is 5.13. The van der Waals surface area contributed by atoms with Crippen molar-refractivity contribution in [2.24, 2.45) is 5.92 Å². The van der Waals surface area contributed by atoms with Crippen molar-refractivity contribution in [3.05, 3.63) is 76.6 Å². The molecule has 0 saturated heterocycles. The van der Waals surface area contributed by atoms with Crippen molar-refractivity contribution in [2.45, 2.75) is 58.8 Å². The van der Waals surface area contributed by atoms with Crippen LogP contribution in [-0.4, -0.2) is 20.6 Å². The molecule has 1 saturated carbocycles. The standard InChI is InChI=1S/C29H28F3N5/c1-17-6-4-9-22(14-17)26-18(2)25-27(37(26)16-20-10-12-23(13-11-20)29(30,31)32)28(36-24(15-33)35-25)34-19(3)21-7-5-8-21/h4,6,9-14,19,21H,5,7-8,16H2,1-3H3,(H,34,35,36). The van der Waals surface area contributed by atoms with Gasteiger partial charge in [-0.25, -0.2) is 4.98 Å². The normalized spacial score (nSPS) is 14.8. The van der Waals surface area contributed by atoms with E-state index >= 15 is 0 Å². The molecule has 0 amide bonds. The lowest BCUT2D eigenvalue weighted by atomic mass is 9.80. The van der Waals surface area contributed by atoms with Crippen LogP contribution < -0.4 is 5.32 Å². The predicted octanol–water partition coefficient (Wildman–Crippen LogP) is 7.25. The van der Waals surface area contributed by atoms with Gasteiger partial charge in [-0.15, -0.1) is 0 Å². The summed E-state index contributed by atoms with van der Waals surface area (Å²) in [6, 6.07) is 15.6. The van der Waals surface area contributed by atoms with Crippen LogP contribution in [0.25, 0.3) is 22.3 Å². The van der Waals surface area contributed by atoms with Gasteiger partial charge in [0.1, 0.15) is 11.6 Å². The average molecular weight is 504 g/mol. The summed E-state index contributed by atoms with van der Waals surface area (Å²) in [5.41, 5.74) is 5.32. The summed E-state index contributed by atoms with van der Waals surface area (Å²) in [5, 5.41) is 13.2. The molecule has 2 heterocycles. The minimum atomic E-state index is -4.39. The van der Waals surface area contributed by atoms with Crippen molar-refractivity contribution in [3.8, 4) is 17.3 Å². The highest BCUT2D eigenvalue weighted by molar-refractivity contribution is 5.95. The molecule has 37 heavy (non-hydrogen) atoms. The smallest absolute Gasteiger partial charge is 0.365 e. The summed E-state index contributed by atoms with van der Waals surface area (Å²) in [6.45, 7) is 6.44. The third kappa shape index (κ3) is 4.78. The maximum Gasteiger partial charge on any atom is 0.416 e. The first-order valence-electron chi connectivity index (χ1n) is 12.5. The van der Waals surface area contributed by atoms with Crippen LogP contribution in [0.3, 0.4) is 0 Å². The number of nitrogens with zero attached hydrogens (tertiary/aromatic N) is 4. The highest BCUT2D eigenvalue weighted by Gasteiger charge is 2.30. The first-order chi connectivity index (χ1) is 17.7. The van der Waals surface area contributed by atoms with Crippen LogP contribution >= 0.6 is 0 Å². The van der Waals surface area contributed by atoms with Gasteiger partial charge in [0.25, 0.3) is 0 Å². The molecule has 1 atom stereocenters. The van der Waals surface area contributed by atoms with Gasteiger partial charge in [-0.05, 0) is 68.9 Å². The van der Waals surface area contributed by atoms with Crippen molar-refractivity contribution in [3.63, 3.8) is 0 Å². The van der Waals surface area contributed by atoms with Crippen molar-refractivity contribution in [1.29, 1.82) is 5.26 Å². The van der Waals surface area contributed by atoms with Crippen LogP contribution in [0, 0.1) is 31.1 Å². The fourth-order valence-electron chi connectivity index (χ4n) is 5.13. The van der Waals surface area contributed by atoms with E-state index in [-0.39, 0.29) is 11.9 Å². The summed E-state index contributed by atoms with van der Waals surface area (Å²) in [4.78, 5) is 9.14. The number of halogens is 3. The van der Waals surface area contributed by atoms with Crippen molar-refractivity contribution in [2.75, 3.05) is 5.32 Å². The summed E-state index contributed by atoms with van der Waals surface area (Å²) >= 11 is 0. The molecule has 5 rings (SSSR count). The Labute approximate surface area is 214 Å². The number of anilines is 1. The zero-order valence-electron chi connectivity index (χ0n) is 21.0. The average Bonchev–Trinajstić information content (AvgIpc) is 3.09. The molecule has 2 aromatic heterocycles. The van der Waals surface area contributed by atoms with Crippen LogP contribution in [-0.2, 0) is 12.7 Å². The van der Waals surface area contributed by atoms with E-state index in [0.717, 1.165) is 58.4 Å². The highest BCUT2D eigenvalue weighted by atomic mass is 19.4. The largest absolute Gasteiger partial charge is 0.416 e. The van der Waals surface area contributed by atoms with Gasteiger partial charge >= 0.3 is 6.18 Å². The lowest BCUT2D eigenvalue weighted by molar-refractivity contribution is -0.137. The van der Waals surface area contributed by atoms with Crippen molar-refractivity contribution >= 4 is 16.9 Å². The zero-order chi connectivity index (χ0) is 26.3. The van der Waals surface area contributed by atoms with Gasteiger partial charge in [0.15, 0.2) is 5.82 Å². The molecule has 1 N–H and O–H groups in total. The van der Waals surface area contributed by atoms with E-state index in [1.54, 1.807) is 0 Å². The molecule has 8 heteroatoms. The Kier molecular flexibility index (Phi) is 6.40. The molecule has 4 aromatic rings. The van der Waals surface area contributed by atoms with E-state index in [1.165, 1.54) is 18.6 Å². The number of aromatic nitrogens is 3. The number of benzene rings is 2. The minimum Gasteiger partial charge on any atom is -0.365 e. The summed E-state index contributed by atoms with van der Waals surface area (Å²) < 4.78 is 41.6. The summed E-state index contributed by atoms with van der Waals surface area (Å²) in [7, 11) is 0. The highest BCUT2D eigenvalue weighted by Crippen LogP contribution is 2.38. The quantitative estimate of drug-likeness (QED) is 0.301. The summed E-state index contributed by atoms with van der Waals surface area (Å²) in [5.74, 6) is 1.20. The van der Waals surface area contributed by atoms with Crippen LogP contribution in [0.2, 0.25) is 0 Å². The van der Waals surface area contributed by atoms with E-state index < -0.39 is 11.7 Å². The van der Waals surface area contributed by atoms with Crippen LogP contribution in [0.5, 0.6) is 0 Å². The van der Waals surface area contributed by atoms with Crippen molar-refractivity contribution in [1.82, 2.24) is 14.5 Å². The Morgan fingerprint density at radius 1 is 1.11 bits per heavy atom. The molecule has 1 aliphatic carbocycles. The zero-order valence-corrected chi connectivity index (χ0v) is 21.0. The van der Waals surface area contributed by atoms with Gasteiger partial charge in [0.05, 0.1) is 16.8 Å². The molecule has 2 aromatic carbocycles. The Hall–Kier alpha value is -3.86. The third-order valence-electron chi connectivity index (χ3n) is 7.37. The lowest BCUT2D eigenvalue weighted by Gasteiger charge is -2.32. The number of nitrogens with one attached hydrogen (secondary N) is 1. The number of aryl methyl sites for hydroxylation is 2. The molecule has 1 aliphatic rings. The van der Waals surface area contributed by atoms with E-state index in [0.29, 0.717) is 23.8 Å². The number of hydrogen-bond donors (Lipinski definition) is 1. The van der Waals surface area contributed by atoms with Gasteiger partial charge < -0.3 is 9.88 Å². The Bertz CT molecular complexity index is 1490. The second-order valence-corrected chi connectivity index (χ2v) is 9.95. The number of rotatable bonds is 6. The number of nitriles is 1. The van der Waals surface area contributed by atoms with Gasteiger partial charge in [-0.2, -0.15) is 23.4 Å². The molecular weight excluding hydrogens is 475 g/mol. The Morgan fingerprint density at radius 3 is 2.43 bits per heavy atom. The van der Waals surface area contributed by atoms with Gasteiger partial charge in [-0.3, -0.25) is 0 Å². The second-order valence-electron chi connectivity index (χ2n) is 9.95. The fraction of sp³-hybridized carbons (Fsp3) is 0.345. The van der Waals surface area contributed by atoms with Crippen LogP contribution in [0.15, 0.2) is 48.5 Å². The molecule has 0 bridgehead atoms. The molecular formula is C29H28F3N5. The minimum absolute atomic E-state index is 0.0846. The number of fused-ring (bicyclic) bond motifs is 1. The first-order valence-corrected chi connectivity index (χ1v) is 12.5. The molecule has 1 unspecified atom stereocenters. The van der Waals surface area contributed by atoms with E-state index in [1.807, 2.05) is 32.0 Å². The van der Waals surface area contributed by atoms with Crippen molar-refractivity contribution < 1.29 is 13.2 Å². The summed E-state index contributed by atoms with van der Waals surface area (Å²) in [6.07, 6.45) is -0.889. The van der Waals surface area contributed by atoms with Crippen LogP contribution in [0.1, 0.15) is 54.3 Å². The molecule has 1 fully saturated rings. The first kappa shape index (κ1) is 24.8. The third-order valence-corrected chi connectivity index (χ3v) is 7.37. The molecule has 0 spiro atoms. The maximum absolute atomic E-state index is 13.2. The van der Waals surface area contributed by atoms with E-state index in [9.17, 15) is 18.4 Å². The van der Waals surface area contributed by atoms with Gasteiger partial charge in [-0.1, -0.05) is 42.3 Å². The van der Waals surface area contributed by atoms with E-state index in [2.05, 4.69) is 38.9 Å². The predicted molar refractivity (Wildman–Crippen MR) is 138 cm³/mol. The Balaban J connectivity index is 1.71. The Morgan fingerprint density at radius 2 is 1.84 bits per heavy atom. The number of hydrogen-bond acceptors (Lipinski definition) is 4. The molecule has 0 aliphatic heterocycles. The van der Waals surface area contributed by atoms with Gasteiger partial charge in [0.2, 0.25) is 5.82 Å². The monoisotopic (exact) mass is 503 g/mol. The second kappa shape index (κ2) is 9.55. The topological polar surface area (TPSA) is 66.5 Å². The van der Waals surface area contributed by atoms with E-state index in [4.69, 9.17) is 0 Å². The molecule has 5 nitrogen and oxygen atoms in total. The molecule has 190 valence electrons. The van der Waals surface area contributed by atoms with Crippen LogP contribution in [0.4, 0.5) is 19.0 Å².